The Bertz CT molecular complexity index is 1250. The summed E-state index contributed by atoms with van der Waals surface area (Å²) in [5, 5.41) is 12.1. The number of fused-ring (bicyclic) bond motifs is 1. The minimum absolute atomic E-state index is 0.0204. The van der Waals surface area contributed by atoms with Gasteiger partial charge in [0.1, 0.15) is 5.92 Å². The van der Waals surface area contributed by atoms with Gasteiger partial charge in [-0.3, -0.25) is 14.4 Å². The summed E-state index contributed by atoms with van der Waals surface area (Å²) < 4.78 is 5.28. The third-order valence-corrected chi connectivity index (χ3v) is 6.56. The zero-order valence-corrected chi connectivity index (χ0v) is 18.7. The highest BCUT2D eigenvalue weighted by Gasteiger charge is 2.60. The molecule has 2 amide bonds. The molecule has 2 saturated heterocycles. The van der Waals surface area contributed by atoms with Crippen LogP contribution >= 0.6 is 11.6 Å². The fourth-order valence-corrected chi connectivity index (χ4v) is 4.68. The maximum atomic E-state index is 13.7. The number of carbonyl (C=O) groups excluding carboxylic acids is 2. The average molecular weight is 465 g/mol. The average Bonchev–Trinajstić information content (AvgIpc) is 3.33. The van der Waals surface area contributed by atoms with E-state index in [2.05, 4.69) is 0 Å². The Hall–Kier alpha value is -3.55. The molecule has 3 aromatic rings. The SMILES string of the molecule is COc1cc([C@@H]2[C@@H]3C(=O)N(c4cccc(Cl)c4C)C(=O)[C@@H]3ON2c2ccccc2)ccc1O. The summed E-state index contributed by atoms with van der Waals surface area (Å²) in [6.45, 7) is 1.77. The maximum Gasteiger partial charge on any atom is 0.266 e. The normalized spacial score (nSPS) is 22.1. The molecular formula is C25H21ClN2O5. The van der Waals surface area contributed by atoms with Gasteiger partial charge in [-0.1, -0.05) is 41.9 Å². The first kappa shape index (κ1) is 21.3. The number of para-hydroxylation sites is 1. The van der Waals surface area contributed by atoms with Crippen LogP contribution in [0.4, 0.5) is 11.4 Å². The van der Waals surface area contributed by atoms with E-state index in [1.54, 1.807) is 42.3 Å². The van der Waals surface area contributed by atoms with E-state index in [9.17, 15) is 14.7 Å². The van der Waals surface area contributed by atoms with Crippen LogP contribution in [0.15, 0.2) is 66.7 Å². The van der Waals surface area contributed by atoms with Crippen LogP contribution in [0.2, 0.25) is 5.02 Å². The zero-order chi connectivity index (χ0) is 23.3. The number of amides is 2. The van der Waals surface area contributed by atoms with Crippen LogP contribution in [0, 0.1) is 12.8 Å². The number of rotatable bonds is 4. The highest BCUT2D eigenvalue weighted by atomic mass is 35.5. The Morgan fingerprint density at radius 1 is 1.00 bits per heavy atom. The summed E-state index contributed by atoms with van der Waals surface area (Å²) in [4.78, 5) is 34.5. The van der Waals surface area contributed by atoms with Gasteiger partial charge in [-0.05, 0) is 54.4 Å². The van der Waals surface area contributed by atoms with E-state index in [-0.39, 0.29) is 17.4 Å². The predicted octanol–water partition coefficient (Wildman–Crippen LogP) is 4.41. The molecule has 5 rings (SSSR count). The van der Waals surface area contributed by atoms with Crippen molar-refractivity contribution in [3.8, 4) is 11.5 Å². The summed E-state index contributed by atoms with van der Waals surface area (Å²) in [6, 6.07) is 18.6. The third-order valence-electron chi connectivity index (χ3n) is 6.15. The lowest BCUT2D eigenvalue weighted by Crippen LogP contribution is -2.37. The number of hydroxylamine groups is 1. The number of carbonyl (C=O) groups is 2. The molecule has 2 heterocycles. The number of phenolic OH excluding ortho intramolecular Hbond substituents is 1. The second-order valence-electron chi connectivity index (χ2n) is 7.99. The van der Waals surface area contributed by atoms with Gasteiger partial charge < -0.3 is 9.84 Å². The van der Waals surface area contributed by atoms with E-state index in [4.69, 9.17) is 21.2 Å². The molecule has 3 aromatic carbocycles. The number of halogens is 1. The second kappa shape index (κ2) is 8.10. The molecule has 0 spiro atoms. The molecule has 2 aliphatic heterocycles. The first-order valence-corrected chi connectivity index (χ1v) is 10.8. The van der Waals surface area contributed by atoms with Crippen LogP contribution in [-0.2, 0) is 14.4 Å². The summed E-state index contributed by atoms with van der Waals surface area (Å²) in [5.74, 6) is -1.36. The number of benzene rings is 3. The van der Waals surface area contributed by atoms with Crippen molar-refractivity contribution in [1.82, 2.24) is 0 Å². The van der Waals surface area contributed by atoms with Gasteiger partial charge >= 0.3 is 0 Å². The number of ether oxygens (including phenoxy) is 1. The molecule has 7 nitrogen and oxygen atoms in total. The van der Waals surface area contributed by atoms with E-state index in [0.717, 1.165) is 0 Å². The van der Waals surface area contributed by atoms with Crippen molar-refractivity contribution >= 4 is 34.8 Å². The zero-order valence-electron chi connectivity index (χ0n) is 17.9. The van der Waals surface area contributed by atoms with Gasteiger partial charge in [0.2, 0.25) is 5.91 Å². The lowest BCUT2D eigenvalue weighted by Gasteiger charge is -2.29. The maximum absolute atomic E-state index is 13.7. The summed E-state index contributed by atoms with van der Waals surface area (Å²) in [6.07, 6.45) is -0.999. The fraction of sp³-hybridized carbons (Fsp3) is 0.200. The molecule has 0 aliphatic carbocycles. The topological polar surface area (TPSA) is 79.3 Å². The number of nitrogens with zero attached hydrogens (tertiary/aromatic N) is 2. The third kappa shape index (κ3) is 3.32. The molecule has 1 N–H and O–H groups in total. The van der Waals surface area contributed by atoms with Crippen molar-refractivity contribution in [2.45, 2.75) is 19.1 Å². The number of imide groups is 1. The number of anilines is 2. The summed E-state index contributed by atoms with van der Waals surface area (Å²) >= 11 is 6.26. The largest absolute Gasteiger partial charge is 0.504 e. The number of hydrogen-bond donors (Lipinski definition) is 1. The van der Waals surface area contributed by atoms with Crippen molar-refractivity contribution in [2.75, 3.05) is 17.1 Å². The highest BCUT2D eigenvalue weighted by molar-refractivity contribution is 6.32. The molecule has 168 valence electrons. The van der Waals surface area contributed by atoms with E-state index in [1.807, 2.05) is 30.3 Å². The Kier molecular flexibility index (Phi) is 5.23. The Labute approximate surface area is 195 Å². The number of hydrogen-bond acceptors (Lipinski definition) is 6. The van der Waals surface area contributed by atoms with Crippen LogP contribution in [0.1, 0.15) is 17.2 Å². The minimum Gasteiger partial charge on any atom is -0.504 e. The van der Waals surface area contributed by atoms with Crippen LogP contribution < -0.4 is 14.7 Å². The van der Waals surface area contributed by atoms with Gasteiger partial charge in [-0.2, -0.15) is 0 Å². The molecule has 0 radical (unpaired) electrons. The molecule has 2 aliphatic rings. The number of aromatic hydroxyl groups is 1. The van der Waals surface area contributed by atoms with Crippen molar-refractivity contribution in [2.24, 2.45) is 5.92 Å². The standard InChI is InChI=1S/C25H21ClN2O5/c1-14-17(26)9-6-10-18(14)27-24(30)21-22(15-11-12-19(29)20(13-15)32-2)28(33-23(21)25(27)31)16-7-4-3-5-8-16/h3-13,21-23,29H,1-2H3/t21-,22+,23+/m0/s1. The minimum atomic E-state index is -0.999. The Morgan fingerprint density at radius 2 is 1.76 bits per heavy atom. The first-order valence-electron chi connectivity index (χ1n) is 10.4. The summed E-state index contributed by atoms with van der Waals surface area (Å²) in [5.41, 5.74) is 2.47. The lowest BCUT2D eigenvalue weighted by molar-refractivity contribution is -0.126. The van der Waals surface area contributed by atoms with E-state index >= 15 is 0 Å². The van der Waals surface area contributed by atoms with Crippen molar-refractivity contribution in [3.05, 3.63) is 82.9 Å². The van der Waals surface area contributed by atoms with E-state index in [0.29, 0.717) is 27.5 Å². The van der Waals surface area contributed by atoms with Crippen molar-refractivity contribution in [3.63, 3.8) is 0 Å². The first-order chi connectivity index (χ1) is 15.9. The molecule has 0 saturated carbocycles. The molecule has 3 atom stereocenters. The monoisotopic (exact) mass is 464 g/mol. The molecule has 33 heavy (non-hydrogen) atoms. The van der Waals surface area contributed by atoms with Crippen LogP contribution in [0.3, 0.4) is 0 Å². The van der Waals surface area contributed by atoms with Gasteiger partial charge in [-0.25, -0.2) is 9.96 Å². The Balaban J connectivity index is 1.62. The van der Waals surface area contributed by atoms with Crippen LogP contribution in [0.25, 0.3) is 0 Å². The molecule has 0 bridgehead atoms. The van der Waals surface area contributed by atoms with Crippen molar-refractivity contribution in [1.29, 1.82) is 0 Å². The highest BCUT2D eigenvalue weighted by Crippen LogP contribution is 2.49. The summed E-state index contributed by atoms with van der Waals surface area (Å²) in [7, 11) is 1.45. The molecule has 2 fully saturated rings. The van der Waals surface area contributed by atoms with Crippen LogP contribution in [0.5, 0.6) is 11.5 Å². The van der Waals surface area contributed by atoms with Gasteiger partial charge in [0.25, 0.3) is 5.91 Å². The molecule has 8 heteroatoms. The van der Waals surface area contributed by atoms with Gasteiger partial charge in [0.15, 0.2) is 17.6 Å². The Morgan fingerprint density at radius 3 is 2.48 bits per heavy atom. The lowest BCUT2D eigenvalue weighted by atomic mass is 9.90. The van der Waals surface area contributed by atoms with E-state index in [1.165, 1.54) is 18.1 Å². The molecule has 0 unspecified atom stereocenters. The number of phenols is 1. The van der Waals surface area contributed by atoms with Gasteiger partial charge in [-0.15, -0.1) is 0 Å². The van der Waals surface area contributed by atoms with Crippen LogP contribution in [-0.4, -0.2) is 30.1 Å². The fourth-order valence-electron chi connectivity index (χ4n) is 4.51. The second-order valence-corrected chi connectivity index (χ2v) is 8.39. The molecular weight excluding hydrogens is 444 g/mol. The van der Waals surface area contributed by atoms with Crippen molar-refractivity contribution < 1.29 is 24.3 Å². The van der Waals surface area contributed by atoms with Gasteiger partial charge in [0.05, 0.1) is 24.5 Å². The van der Waals surface area contributed by atoms with E-state index < -0.39 is 24.0 Å². The number of methoxy groups -OCH3 is 1. The quantitative estimate of drug-likeness (QED) is 0.576. The van der Waals surface area contributed by atoms with Gasteiger partial charge in [0, 0.05) is 5.02 Å². The smallest absolute Gasteiger partial charge is 0.266 e. The predicted molar refractivity (Wildman–Crippen MR) is 123 cm³/mol. The molecule has 0 aromatic heterocycles.